The molecule has 0 saturated carbocycles. The van der Waals surface area contributed by atoms with Crippen LogP contribution in [0.1, 0.15) is 39.4 Å². The second-order valence-corrected chi connectivity index (χ2v) is 8.29. The van der Waals surface area contributed by atoms with Crippen LogP contribution in [0.15, 0.2) is 60.4 Å². The Bertz CT molecular complexity index is 1410. The number of carboxylic acids is 1. The van der Waals surface area contributed by atoms with Crippen molar-refractivity contribution in [3.8, 4) is 17.2 Å². The summed E-state index contributed by atoms with van der Waals surface area (Å²) >= 11 is 6.11. The monoisotopic (exact) mass is 494 g/mol. The molecule has 35 heavy (non-hydrogen) atoms. The van der Waals surface area contributed by atoms with Gasteiger partial charge in [-0.3, -0.25) is 9.59 Å². The number of rotatable bonds is 5. The third-order valence-corrected chi connectivity index (χ3v) is 6.03. The van der Waals surface area contributed by atoms with Gasteiger partial charge < -0.3 is 19.3 Å². The van der Waals surface area contributed by atoms with Gasteiger partial charge in [-0.15, -0.1) is 0 Å². The first kappa shape index (κ1) is 22.6. The summed E-state index contributed by atoms with van der Waals surface area (Å²) in [7, 11) is 0. The summed E-state index contributed by atoms with van der Waals surface area (Å²) in [6.07, 6.45) is 1.15. The van der Waals surface area contributed by atoms with Crippen LogP contribution in [0.5, 0.6) is 17.2 Å². The van der Waals surface area contributed by atoms with E-state index in [-0.39, 0.29) is 45.6 Å². The highest BCUT2D eigenvalue weighted by atomic mass is 35.5. The molecule has 2 aliphatic rings. The minimum atomic E-state index is -1.15. The van der Waals surface area contributed by atoms with Crippen LogP contribution in [0.3, 0.4) is 0 Å². The van der Waals surface area contributed by atoms with E-state index in [1.807, 2.05) is 0 Å². The quantitative estimate of drug-likeness (QED) is 0.303. The number of halogens is 2. The van der Waals surface area contributed by atoms with E-state index in [9.17, 15) is 18.8 Å². The second kappa shape index (κ2) is 8.88. The molecule has 1 atom stereocenters. The highest BCUT2D eigenvalue weighted by Crippen LogP contribution is 2.50. The van der Waals surface area contributed by atoms with E-state index in [0.717, 1.165) is 0 Å². The third-order valence-electron chi connectivity index (χ3n) is 5.70. The molecule has 3 aromatic rings. The number of para-hydroxylation sites is 1. The van der Waals surface area contributed by atoms with Gasteiger partial charge in [0, 0.05) is 22.6 Å². The van der Waals surface area contributed by atoms with Crippen molar-refractivity contribution in [2.24, 2.45) is 0 Å². The van der Waals surface area contributed by atoms with Crippen LogP contribution in [0, 0.1) is 5.82 Å². The van der Waals surface area contributed by atoms with Crippen molar-refractivity contribution in [3.63, 3.8) is 0 Å². The zero-order chi connectivity index (χ0) is 24.7. The second-order valence-electron chi connectivity index (χ2n) is 7.88. The van der Waals surface area contributed by atoms with Crippen molar-refractivity contribution in [3.05, 3.63) is 93.5 Å². The van der Waals surface area contributed by atoms with Gasteiger partial charge in [-0.25, -0.2) is 9.18 Å². The van der Waals surface area contributed by atoms with Crippen LogP contribution in [0.25, 0.3) is 6.08 Å². The van der Waals surface area contributed by atoms with Crippen LogP contribution in [0.2, 0.25) is 5.02 Å². The van der Waals surface area contributed by atoms with E-state index >= 15 is 0 Å². The van der Waals surface area contributed by atoms with Gasteiger partial charge in [0.1, 0.15) is 23.1 Å². The lowest BCUT2D eigenvalue weighted by atomic mass is 9.84. The van der Waals surface area contributed by atoms with Crippen LogP contribution in [0.4, 0.5) is 4.39 Å². The summed E-state index contributed by atoms with van der Waals surface area (Å²) in [6, 6.07) is 13.8. The van der Waals surface area contributed by atoms with Crippen molar-refractivity contribution in [1.29, 1.82) is 0 Å². The average molecular weight is 495 g/mol. The Morgan fingerprint density at radius 1 is 1.11 bits per heavy atom. The number of benzene rings is 3. The van der Waals surface area contributed by atoms with Crippen LogP contribution >= 0.6 is 11.6 Å². The lowest BCUT2D eigenvalue weighted by Crippen LogP contribution is -2.22. The molecule has 0 spiro atoms. The predicted octanol–water partition coefficient (Wildman–Crippen LogP) is 5.00. The first-order chi connectivity index (χ1) is 16.8. The molecule has 0 radical (unpaired) electrons. The van der Waals surface area contributed by atoms with Crippen LogP contribution < -0.4 is 14.2 Å². The van der Waals surface area contributed by atoms with E-state index in [4.69, 9.17) is 30.9 Å². The number of hydrogen-bond acceptors (Lipinski definition) is 6. The Morgan fingerprint density at radius 2 is 1.91 bits per heavy atom. The van der Waals surface area contributed by atoms with Gasteiger partial charge in [0.2, 0.25) is 5.78 Å². The molecule has 0 amide bonds. The van der Waals surface area contributed by atoms with Gasteiger partial charge in [0.05, 0.1) is 17.0 Å². The maximum Gasteiger partial charge on any atom is 0.341 e. The zero-order valence-corrected chi connectivity index (χ0v) is 18.7. The molecule has 0 saturated heterocycles. The molecule has 9 heteroatoms. The fourth-order valence-corrected chi connectivity index (χ4v) is 4.41. The summed E-state index contributed by atoms with van der Waals surface area (Å²) in [5.74, 6) is -2.87. The molecular weight excluding hydrogens is 479 g/mol. The van der Waals surface area contributed by atoms with Gasteiger partial charge in [-0.2, -0.15) is 0 Å². The minimum absolute atomic E-state index is 0.00887. The van der Waals surface area contributed by atoms with Gasteiger partial charge in [-0.05, 0) is 36.4 Å². The fourth-order valence-electron chi connectivity index (χ4n) is 4.19. The van der Waals surface area contributed by atoms with Crippen molar-refractivity contribution < 1.29 is 38.1 Å². The van der Waals surface area contributed by atoms with E-state index in [1.165, 1.54) is 36.4 Å². The Labute approximate surface area is 203 Å². The van der Waals surface area contributed by atoms with E-state index < -0.39 is 36.1 Å². The number of Topliss-reactive ketones (excluding diaryl/α,β-unsaturated/α-hetero) is 1. The number of carbonyl (C=O) groups excluding carboxylic acids is 2. The normalized spacial score (nSPS) is 17.4. The maximum absolute atomic E-state index is 14.3. The first-order valence-electron chi connectivity index (χ1n) is 10.5. The van der Waals surface area contributed by atoms with E-state index in [0.29, 0.717) is 11.1 Å². The SMILES string of the molecule is O=C(O)COc1ccccc1C1CC(=O)Oc2ccc3c(c21)O/C(=C\c1c(F)cccc1Cl)C3=O. The number of esters is 1. The largest absolute Gasteiger partial charge is 0.482 e. The number of ketones is 1. The summed E-state index contributed by atoms with van der Waals surface area (Å²) in [5, 5.41) is 9.14. The number of allylic oxidation sites excluding steroid dienone is 1. The third kappa shape index (κ3) is 4.13. The van der Waals surface area contributed by atoms with Crippen molar-refractivity contribution in [1.82, 2.24) is 0 Å². The molecule has 7 nitrogen and oxygen atoms in total. The number of hydrogen-bond donors (Lipinski definition) is 1. The number of carbonyl (C=O) groups is 3. The Kier molecular flexibility index (Phi) is 5.74. The zero-order valence-electron chi connectivity index (χ0n) is 17.9. The summed E-state index contributed by atoms with van der Waals surface area (Å²) < 4.78 is 31.1. The standard InChI is InChI=1S/C26H16ClFO7/c27-17-5-3-6-18(28)16(17)10-21-25(32)14-8-9-20-24(26(14)35-21)15(11-23(31)34-20)13-4-1-2-7-19(13)33-12-22(29)30/h1-10,15H,11-12H2,(H,29,30)/b21-10-. The molecular formula is C26H16ClFO7. The summed E-state index contributed by atoms with van der Waals surface area (Å²) in [5.41, 5.74) is 1.19. The maximum atomic E-state index is 14.3. The van der Waals surface area contributed by atoms with Crippen molar-refractivity contribution in [2.75, 3.05) is 6.61 Å². The fraction of sp³-hybridized carbons (Fsp3) is 0.115. The van der Waals surface area contributed by atoms with Gasteiger partial charge in [-0.1, -0.05) is 35.9 Å². The highest BCUT2D eigenvalue weighted by Gasteiger charge is 2.39. The lowest BCUT2D eigenvalue weighted by Gasteiger charge is -2.27. The molecule has 1 N–H and O–H groups in total. The minimum Gasteiger partial charge on any atom is -0.482 e. The van der Waals surface area contributed by atoms with E-state index in [1.54, 1.807) is 24.3 Å². The molecule has 1 unspecified atom stereocenters. The Morgan fingerprint density at radius 3 is 2.69 bits per heavy atom. The molecule has 5 rings (SSSR count). The molecule has 0 fully saturated rings. The van der Waals surface area contributed by atoms with Crippen LogP contribution in [-0.4, -0.2) is 29.4 Å². The van der Waals surface area contributed by atoms with Crippen molar-refractivity contribution >= 4 is 35.4 Å². The first-order valence-corrected chi connectivity index (χ1v) is 10.9. The van der Waals surface area contributed by atoms with Gasteiger partial charge >= 0.3 is 11.9 Å². The molecule has 2 heterocycles. The summed E-state index contributed by atoms with van der Waals surface area (Å²) in [4.78, 5) is 36.5. The topological polar surface area (TPSA) is 99.1 Å². The van der Waals surface area contributed by atoms with Crippen LogP contribution in [-0.2, 0) is 9.59 Å². The van der Waals surface area contributed by atoms with Crippen molar-refractivity contribution in [2.45, 2.75) is 12.3 Å². The smallest absolute Gasteiger partial charge is 0.341 e. The summed E-state index contributed by atoms with van der Waals surface area (Å²) in [6.45, 7) is -0.570. The molecule has 2 aliphatic heterocycles. The number of ether oxygens (including phenoxy) is 3. The lowest BCUT2D eigenvalue weighted by molar-refractivity contribution is -0.139. The molecule has 3 aromatic carbocycles. The molecule has 0 bridgehead atoms. The molecule has 176 valence electrons. The molecule has 0 aliphatic carbocycles. The number of carboxylic acid groups (broad SMARTS) is 1. The van der Waals surface area contributed by atoms with Gasteiger partial charge in [0.25, 0.3) is 0 Å². The highest BCUT2D eigenvalue weighted by molar-refractivity contribution is 6.32. The molecule has 0 aromatic heterocycles. The number of aliphatic carboxylic acids is 1. The van der Waals surface area contributed by atoms with E-state index in [2.05, 4.69) is 0 Å². The Balaban J connectivity index is 1.61. The number of fused-ring (bicyclic) bond motifs is 3. The Hall–Kier alpha value is -4.17. The average Bonchev–Trinajstić information content (AvgIpc) is 3.15. The van der Waals surface area contributed by atoms with Gasteiger partial charge in [0.15, 0.2) is 12.4 Å². The predicted molar refractivity (Wildman–Crippen MR) is 122 cm³/mol.